The largest absolute Gasteiger partial charge is 0.495 e. The molecule has 7 heteroatoms. The molecule has 0 saturated heterocycles. The lowest BCUT2D eigenvalue weighted by Crippen LogP contribution is -2.16. The van der Waals surface area contributed by atoms with Crippen LogP contribution >= 0.6 is 11.8 Å². The number of nitrogens with zero attached hydrogens (tertiary/aromatic N) is 3. The number of anilines is 1. The molecule has 0 aliphatic carbocycles. The van der Waals surface area contributed by atoms with Crippen molar-refractivity contribution >= 4 is 23.4 Å². The fourth-order valence-electron chi connectivity index (χ4n) is 2.33. The van der Waals surface area contributed by atoms with Crippen LogP contribution in [0.2, 0.25) is 0 Å². The Morgan fingerprint density at radius 3 is 2.58 bits per heavy atom. The Morgan fingerprint density at radius 2 is 1.96 bits per heavy atom. The molecule has 1 heterocycles. The van der Waals surface area contributed by atoms with Gasteiger partial charge in [0.15, 0.2) is 5.16 Å². The van der Waals surface area contributed by atoms with Crippen LogP contribution in [0.15, 0.2) is 29.4 Å². The lowest BCUT2D eigenvalue weighted by molar-refractivity contribution is -0.113. The number of carbonyl (C=O) groups is 1. The Balaban J connectivity index is 2.04. The van der Waals surface area contributed by atoms with E-state index in [0.717, 1.165) is 11.0 Å². The van der Waals surface area contributed by atoms with Gasteiger partial charge in [-0.25, -0.2) is 0 Å². The second-order valence-electron chi connectivity index (χ2n) is 6.00. The Bertz CT molecular complexity index is 698. The van der Waals surface area contributed by atoms with Crippen molar-refractivity contribution in [2.45, 2.75) is 44.8 Å². The van der Waals surface area contributed by atoms with Crippen LogP contribution in [0, 0.1) is 0 Å². The molecule has 1 aromatic heterocycles. The van der Waals surface area contributed by atoms with Crippen LogP contribution in [0.5, 0.6) is 5.75 Å². The van der Waals surface area contributed by atoms with E-state index >= 15 is 0 Å². The molecular formula is C17H24N4O2S. The van der Waals surface area contributed by atoms with E-state index in [1.54, 1.807) is 7.11 Å². The number of carbonyl (C=O) groups excluding carboxylic acids is 1. The van der Waals surface area contributed by atoms with Crippen LogP contribution in [0.25, 0.3) is 0 Å². The number of benzene rings is 1. The summed E-state index contributed by atoms with van der Waals surface area (Å²) >= 11 is 1.39. The minimum Gasteiger partial charge on any atom is -0.495 e. The van der Waals surface area contributed by atoms with Gasteiger partial charge >= 0.3 is 0 Å². The number of rotatable bonds is 7. The Hall–Kier alpha value is -2.02. The third-order valence-corrected chi connectivity index (χ3v) is 4.38. The van der Waals surface area contributed by atoms with Crippen molar-refractivity contribution in [1.82, 2.24) is 14.8 Å². The predicted octanol–water partition coefficient (Wildman–Crippen LogP) is 3.72. The molecule has 0 atom stereocenters. The minimum absolute atomic E-state index is 0.103. The molecule has 2 rings (SSSR count). The van der Waals surface area contributed by atoms with Gasteiger partial charge in [-0.2, -0.15) is 0 Å². The first kappa shape index (κ1) is 18.3. The summed E-state index contributed by atoms with van der Waals surface area (Å²) in [5, 5.41) is 12.1. The molecule has 1 aromatic carbocycles. The lowest BCUT2D eigenvalue weighted by atomic mass is 10.2. The van der Waals surface area contributed by atoms with Gasteiger partial charge in [0.2, 0.25) is 5.91 Å². The monoisotopic (exact) mass is 348 g/mol. The second-order valence-corrected chi connectivity index (χ2v) is 6.94. The van der Waals surface area contributed by atoms with Crippen LogP contribution in [-0.4, -0.2) is 33.5 Å². The number of para-hydroxylation sites is 2. The molecule has 2 aromatic rings. The van der Waals surface area contributed by atoms with Crippen molar-refractivity contribution in [2.75, 3.05) is 18.2 Å². The number of thioether (sulfide) groups is 1. The number of hydrogen-bond acceptors (Lipinski definition) is 5. The topological polar surface area (TPSA) is 69.0 Å². The highest BCUT2D eigenvalue weighted by Crippen LogP contribution is 2.26. The number of nitrogens with one attached hydrogen (secondary N) is 1. The van der Waals surface area contributed by atoms with E-state index in [0.29, 0.717) is 11.4 Å². The summed E-state index contributed by atoms with van der Waals surface area (Å²) in [5.41, 5.74) is 0.666. The second kappa shape index (κ2) is 8.19. The third kappa shape index (κ3) is 4.29. The zero-order valence-corrected chi connectivity index (χ0v) is 15.6. The van der Waals surface area contributed by atoms with Crippen LogP contribution in [0.3, 0.4) is 0 Å². The molecule has 130 valence electrons. The summed E-state index contributed by atoms with van der Waals surface area (Å²) in [5.74, 6) is 2.03. The van der Waals surface area contributed by atoms with E-state index in [4.69, 9.17) is 4.74 Å². The molecule has 0 spiro atoms. The zero-order valence-electron chi connectivity index (χ0n) is 14.7. The first-order valence-corrected chi connectivity index (χ1v) is 8.93. The van der Waals surface area contributed by atoms with E-state index in [-0.39, 0.29) is 23.6 Å². The van der Waals surface area contributed by atoms with Crippen molar-refractivity contribution in [1.29, 1.82) is 0 Å². The fourth-order valence-corrected chi connectivity index (χ4v) is 3.20. The molecule has 0 radical (unpaired) electrons. The molecule has 0 unspecified atom stereocenters. The molecule has 0 aliphatic rings. The third-order valence-electron chi connectivity index (χ3n) is 3.44. The minimum atomic E-state index is -0.103. The van der Waals surface area contributed by atoms with Crippen LogP contribution in [0.1, 0.15) is 45.5 Å². The molecule has 0 saturated carbocycles. The Labute approximate surface area is 147 Å². The van der Waals surface area contributed by atoms with E-state index in [1.165, 1.54) is 11.8 Å². The zero-order chi connectivity index (χ0) is 17.7. The van der Waals surface area contributed by atoms with E-state index in [9.17, 15) is 4.79 Å². The average Bonchev–Trinajstić information content (AvgIpc) is 2.98. The van der Waals surface area contributed by atoms with Crippen LogP contribution in [-0.2, 0) is 4.79 Å². The van der Waals surface area contributed by atoms with Gasteiger partial charge in [-0.05, 0) is 26.0 Å². The van der Waals surface area contributed by atoms with Crippen LogP contribution < -0.4 is 10.1 Å². The van der Waals surface area contributed by atoms with Crippen molar-refractivity contribution in [3.63, 3.8) is 0 Å². The lowest BCUT2D eigenvalue weighted by Gasteiger charge is -2.15. The summed E-state index contributed by atoms with van der Waals surface area (Å²) in [6.07, 6.45) is 0. The molecule has 24 heavy (non-hydrogen) atoms. The number of hydrogen-bond donors (Lipinski definition) is 1. The van der Waals surface area contributed by atoms with Crippen LogP contribution in [0.4, 0.5) is 5.69 Å². The summed E-state index contributed by atoms with van der Waals surface area (Å²) in [6.45, 7) is 8.36. The highest BCUT2D eigenvalue weighted by atomic mass is 32.2. The molecule has 6 nitrogen and oxygen atoms in total. The number of amides is 1. The summed E-state index contributed by atoms with van der Waals surface area (Å²) in [6, 6.07) is 7.59. The predicted molar refractivity (Wildman–Crippen MR) is 96.8 cm³/mol. The van der Waals surface area contributed by atoms with Crippen molar-refractivity contribution in [2.24, 2.45) is 0 Å². The van der Waals surface area contributed by atoms with Gasteiger partial charge in [-0.15, -0.1) is 10.2 Å². The molecule has 0 fully saturated rings. The molecule has 0 aliphatic heterocycles. The first-order chi connectivity index (χ1) is 11.4. The number of aromatic nitrogens is 3. The highest BCUT2D eigenvalue weighted by Gasteiger charge is 2.18. The van der Waals surface area contributed by atoms with Gasteiger partial charge in [0.1, 0.15) is 11.6 Å². The van der Waals surface area contributed by atoms with Gasteiger partial charge in [0.25, 0.3) is 0 Å². The summed E-state index contributed by atoms with van der Waals surface area (Å²) < 4.78 is 7.33. The van der Waals surface area contributed by atoms with Gasteiger partial charge in [0.05, 0.1) is 18.6 Å². The molecule has 1 N–H and O–H groups in total. The van der Waals surface area contributed by atoms with Crippen molar-refractivity contribution < 1.29 is 9.53 Å². The Kier molecular flexibility index (Phi) is 6.25. The van der Waals surface area contributed by atoms with Gasteiger partial charge in [-0.1, -0.05) is 37.7 Å². The van der Waals surface area contributed by atoms with Crippen molar-refractivity contribution in [3.8, 4) is 5.75 Å². The maximum atomic E-state index is 12.2. The molecule has 1 amide bonds. The number of methoxy groups -OCH3 is 1. The van der Waals surface area contributed by atoms with Gasteiger partial charge in [0, 0.05) is 12.0 Å². The van der Waals surface area contributed by atoms with E-state index < -0.39 is 0 Å². The molecular weight excluding hydrogens is 324 g/mol. The average molecular weight is 348 g/mol. The number of ether oxygens (including phenoxy) is 1. The van der Waals surface area contributed by atoms with E-state index in [2.05, 4.69) is 47.8 Å². The molecule has 0 bridgehead atoms. The fraction of sp³-hybridized carbons (Fsp3) is 0.471. The first-order valence-electron chi connectivity index (χ1n) is 7.94. The maximum Gasteiger partial charge on any atom is 0.234 e. The Morgan fingerprint density at radius 1 is 1.25 bits per heavy atom. The summed E-state index contributed by atoms with van der Waals surface area (Å²) in [7, 11) is 1.58. The quantitative estimate of drug-likeness (QED) is 0.772. The van der Waals surface area contributed by atoms with Crippen molar-refractivity contribution in [3.05, 3.63) is 30.1 Å². The maximum absolute atomic E-state index is 12.2. The van der Waals surface area contributed by atoms with Gasteiger partial charge < -0.3 is 14.6 Å². The standard InChI is InChI=1S/C17H24N4O2S/c1-11(2)16-19-20-17(21(16)12(3)4)24-10-15(22)18-13-8-6-7-9-14(13)23-5/h6-9,11-12H,10H2,1-5H3,(H,18,22). The normalized spacial score (nSPS) is 11.1. The highest BCUT2D eigenvalue weighted by molar-refractivity contribution is 7.99. The van der Waals surface area contributed by atoms with Gasteiger partial charge in [-0.3, -0.25) is 4.79 Å². The SMILES string of the molecule is COc1ccccc1NC(=O)CSc1nnc(C(C)C)n1C(C)C. The van der Waals surface area contributed by atoms with E-state index in [1.807, 2.05) is 24.3 Å². The summed E-state index contributed by atoms with van der Waals surface area (Å²) in [4.78, 5) is 12.2. The smallest absolute Gasteiger partial charge is 0.234 e.